The number of carbonyl (C=O) groups is 1. The zero-order valence-electron chi connectivity index (χ0n) is 11.9. The van der Waals surface area contributed by atoms with Crippen LogP contribution in [0.4, 0.5) is 10.5 Å². The molecule has 0 aliphatic heterocycles. The van der Waals surface area contributed by atoms with Crippen molar-refractivity contribution in [2.24, 2.45) is 0 Å². The summed E-state index contributed by atoms with van der Waals surface area (Å²) in [6.45, 7) is 2.31. The first-order valence-corrected chi connectivity index (χ1v) is 7.97. The van der Waals surface area contributed by atoms with Gasteiger partial charge in [0.25, 0.3) is 0 Å². The van der Waals surface area contributed by atoms with Gasteiger partial charge in [-0.3, -0.25) is 0 Å². The van der Waals surface area contributed by atoms with E-state index in [-0.39, 0.29) is 6.03 Å². The Morgan fingerprint density at radius 3 is 2.86 bits per heavy atom. The lowest BCUT2D eigenvalue weighted by molar-refractivity contribution is 0.251. The predicted molar refractivity (Wildman–Crippen MR) is 91.7 cm³/mol. The Morgan fingerprint density at radius 1 is 1.27 bits per heavy atom. The number of hydrogen-bond donors (Lipinski definition) is 2. The fraction of sp³-hybridized carbons (Fsp3) is 0.125. The van der Waals surface area contributed by atoms with Gasteiger partial charge in [-0.05, 0) is 36.8 Å². The maximum absolute atomic E-state index is 11.9. The zero-order valence-corrected chi connectivity index (χ0v) is 13.5. The van der Waals surface area contributed by atoms with Crippen LogP contribution in [0.5, 0.6) is 0 Å². The highest BCUT2D eigenvalue weighted by molar-refractivity contribution is 7.18. The van der Waals surface area contributed by atoms with E-state index in [2.05, 4.69) is 15.6 Å². The molecule has 1 heterocycles. The molecule has 0 saturated carbocycles. The van der Waals surface area contributed by atoms with Crippen LogP contribution in [-0.2, 0) is 6.54 Å². The van der Waals surface area contributed by atoms with Crippen LogP contribution in [0.3, 0.4) is 0 Å². The minimum Gasteiger partial charge on any atom is -0.331 e. The van der Waals surface area contributed by atoms with Crippen LogP contribution in [0.2, 0.25) is 5.02 Å². The van der Waals surface area contributed by atoms with E-state index in [4.69, 9.17) is 11.6 Å². The maximum Gasteiger partial charge on any atom is 0.319 e. The second-order valence-corrected chi connectivity index (χ2v) is 6.37. The number of rotatable bonds is 3. The Labute approximate surface area is 137 Å². The van der Waals surface area contributed by atoms with Gasteiger partial charge in [-0.1, -0.05) is 29.8 Å². The number of para-hydroxylation sites is 1. The predicted octanol–water partition coefficient (Wildman–Crippen LogP) is 4.58. The summed E-state index contributed by atoms with van der Waals surface area (Å²) in [5, 5.41) is 7.06. The molecule has 4 nitrogen and oxygen atoms in total. The smallest absolute Gasteiger partial charge is 0.319 e. The van der Waals surface area contributed by atoms with Crippen LogP contribution in [0.1, 0.15) is 10.6 Å². The van der Waals surface area contributed by atoms with Crippen LogP contribution in [0.25, 0.3) is 10.2 Å². The number of thiazole rings is 1. The Hall–Kier alpha value is -2.11. The molecular formula is C16H14ClN3OS. The summed E-state index contributed by atoms with van der Waals surface area (Å²) in [5.41, 5.74) is 2.59. The number of urea groups is 1. The third-order valence-corrected chi connectivity index (χ3v) is 4.61. The summed E-state index contributed by atoms with van der Waals surface area (Å²) < 4.78 is 1.12. The van der Waals surface area contributed by atoms with Gasteiger partial charge in [-0.2, -0.15) is 0 Å². The van der Waals surface area contributed by atoms with E-state index < -0.39 is 0 Å². The number of hydrogen-bond acceptors (Lipinski definition) is 3. The van der Waals surface area contributed by atoms with E-state index in [0.717, 1.165) is 20.8 Å². The molecule has 2 aromatic carbocycles. The summed E-state index contributed by atoms with van der Waals surface area (Å²) in [6, 6.07) is 13.0. The molecule has 0 spiro atoms. The Bertz CT molecular complexity index is 798. The first kappa shape index (κ1) is 14.8. The fourth-order valence-electron chi connectivity index (χ4n) is 2.00. The third kappa shape index (κ3) is 3.37. The van der Waals surface area contributed by atoms with Crippen molar-refractivity contribution in [2.75, 3.05) is 5.32 Å². The number of amides is 2. The summed E-state index contributed by atoms with van der Waals surface area (Å²) >= 11 is 7.61. The van der Waals surface area contributed by atoms with Crippen LogP contribution in [-0.4, -0.2) is 11.0 Å². The Morgan fingerprint density at radius 2 is 2.09 bits per heavy atom. The molecule has 0 aliphatic carbocycles. The van der Waals surface area contributed by atoms with Crippen molar-refractivity contribution in [2.45, 2.75) is 13.5 Å². The highest BCUT2D eigenvalue weighted by Gasteiger charge is 2.06. The first-order valence-electron chi connectivity index (χ1n) is 6.77. The molecule has 0 bridgehead atoms. The summed E-state index contributed by atoms with van der Waals surface area (Å²) in [7, 11) is 0. The number of nitrogens with zero attached hydrogens (tertiary/aromatic N) is 1. The highest BCUT2D eigenvalue weighted by atomic mass is 35.5. The minimum absolute atomic E-state index is 0.279. The second kappa shape index (κ2) is 6.34. The molecule has 6 heteroatoms. The second-order valence-electron chi connectivity index (χ2n) is 4.85. The number of anilines is 1. The highest BCUT2D eigenvalue weighted by Crippen LogP contribution is 2.22. The van der Waals surface area contributed by atoms with Crippen LogP contribution in [0.15, 0.2) is 42.5 Å². The van der Waals surface area contributed by atoms with E-state index in [1.165, 1.54) is 0 Å². The molecule has 3 rings (SSSR count). The molecule has 0 aliphatic rings. The molecule has 0 atom stereocenters. The van der Waals surface area contributed by atoms with E-state index in [1.54, 1.807) is 17.4 Å². The number of nitrogens with one attached hydrogen (secondary N) is 2. The van der Waals surface area contributed by atoms with E-state index in [0.29, 0.717) is 17.3 Å². The van der Waals surface area contributed by atoms with Gasteiger partial charge in [-0.15, -0.1) is 11.3 Å². The van der Waals surface area contributed by atoms with Gasteiger partial charge in [0.05, 0.1) is 16.8 Å². The van der Waals surface area contributed by atoms with Gasteiger partial charge in [0.2, 0.25) is 0 Å². The Balaban J connectivity index is 1.60. The molecule has 2 N–H and O–H groups in total. The minimum atomic E-state index is -0.279. The van der Waals surface area contributed by atoms with Crippen molar-refractivity contribution in [3.63, 3.8) is 0 Å². The van der Waals surface area contributed by atoms with Gasteiger partial charge < -0.3 is 10.6 Å². The number of aromatic nitrogens is 1. The van der Waals surface area contributed by atoms with Crippen LogP contribution >= 0.6 is 22.9 Å². The SMILES string of the molecule is Cc1ccc(NC(=O)NCc2nc3ccccc3s2)cc1Cl. The van der Waals surface area contributed by atoms with Crippen LogP contribution < -0.4 is 10.6 Å². The molecule has 0 fully saturated rings. The average molecular weight is 332 g/mol. The molecule has 1 aromatic heterocycles. The van der Waals surface area contributed by atoms with Crippen molar-refractivity contribution in [3.8, 4) is 0 Å². The molecule has 0 saturated heterocycles. The van der Waals surface area contributed by atoms with Crippen molar-refractivity contribution in [1.29, 1.82) is 0 Å². The molecule has 3 aromatic rings. The summed E-state index contributed by atoms with van der Waals surface area (Å²) in [5.74, 6) is 0. The quantitative estimate of drug-likeness (QED) is 0.738. The molecule has 112 valence electrons. The zero-order chi connectivity index (χ0) is 15.5. The maximum atomic E-state index is 11.9. The number of aryl methyl sites for hydroxylation is 1. The monoisotopic (exact) mass is 331 g/mol. The summed E-state index contributed by atoms with van der Waals surface area (Å²) in [4.78, 5) is 16.4. The lowest BCUT2D eigenvalue weighted by Gasteiger charge is -2.07. The van der Waals surface area contributed by atoms with Crippen molar-refractivity contribution in [3.05, 3.63) is 58.1 Å². The van der Waals surface area contributed by atoms with Gasteiger partial charge in [0, 0.05) is 10.7 Å². The van der Waals surface area contributed by atoms with Gasteiger partial charge in [0.15, 0.2) is 0 Å². The van der Waals surface area contributed by atoms with Crippen molar-refractivity contribution >= 4 is 44.9 Å². The first-order chi connectivity index (χ1) is 10.6. The third-order valence-electron chi connectivity index (χ3n) is 3.17. The van der Waals surface area contributed by atoms with E-state index >= 15 is 0 Å². The number of halogens is 1. The van der Waals surface area contributed by atoms with E-state index in [9.17, 15) is 4.79 Å². The lowest BCUT2D eigenvalue weighted by atomic mass is 10.2. The number of fused-ring (bicyclic) bond motifs is 1. The standard InChI is InChI=1S/C16H14ClN3OS/c1-10-6-7-11(8-12(10)17)19-16(21)18-9-15-20-13-4-2-3-5-14(13)22-15/h2-8H,9H2,1H3,(H2,18,19,21). The lowest BCUT2D eigenvalue weighted by Crippen LogP contribution is -2.28. The normalized spacial score (nSPS) is 10.6. The van der Waals surface area contributed by atoms with Gasteiger partial charge >= 0.3 is 6.03 Å². The fourth-order valence-corrected chi connectivity index (χ4v) is 3.08. The van der Waals surface area contributed by atoms with Crippen molar-refractivity contribution in [1.82, 2.24) is 10.3 Å². The van der Waals surface area contributed by atoms with E-state index in [1.807, 2.05) is 43.3 Å². The molecule has 0 radical (unpaired) electrons. The number of carbonyl (C=O) groups excluding carboxylic acids is 1. The van der Waals surface area contributed by atoms with Crippen molar-refractivity contribution < 1.29 is 4.79 Å². The molecule has 0 unspecified atom stereocenters. The van der Waals surface area contributed by atoms with Crippen LogP contribution in [0, 0.1) is 6.92 Å². The topological polar surface area (TPSA) is 54.0 Å². The van der Waals surface area contributed by atoms with Gasteiger partial charge in [-0.25, -0.2) is 9.78 Å². The largest absolute Gasteiger partial charge is 0.331 e. The molecule has 2 amide bonds. The summed E-state index contributed by atoms with van der Waals surface area (Å²) in [6.07, 6.45) is 0. The van der Waals surface area contributed by atoms with Gasteiger partial charge in [0.1, 0.15) is 5.01 Å². The number of benzene rings is 2. The molecule has 22 heavy (non-hydrogen) atoms. The molecular weight excluding hydrogens is 318 g/mol. The average Bonchev–Trinajstić information content (AvgIpc) is 2.92. The Kier molecular flexibility index (Phi) is 4.27.